The largest absolute Gasteiger partial charge is 0.477 e. The number of carboxylic acid groups (broad SMARTS) is 1. The molecule has 0 saturated carbocycles. The highest BCUT2D eigenvalue weighted by Gasteiger charge is 2.12. The molecule has 100 valence electrons. The van der Waals surface area contributed by atoms with Gasteiger partial charge in [-0.25, -0.2) is 14.6 Å². The fourth-order valence-corrected chi connectivity index (χ4v) is 2.37. The number of aromatic nitrogens is 3. The lowest BCUT2D eigenvalue weighted by molar-refractivity contribution is 0.0693. The molecule has 0 radical (unpaired) electrons. The predicted molar refractivity (Wildman–Crippen MR) is 68.9 cm³/mol. The van der Waals surface area contributed by atoms with Gasteiger partial charge in [-0.15, -0.1) is 11.3 Å². The Hall–Kier alpha value is -2.22. The van der Waals surface area contributed by atoms with Crippen LogP contribution in [0.1, 0.15) is 27.2 Å². The number of aromatic carboxylic acids is 1. The van der Waals surface area contributed by atoms with E-state index in [0.717, 1.165) is 22.1 Å². The van der Waals surface area contributed by atoms with E-state index in [1.807, 2.05) is 11.9 Å². The van der Waals surface area contributed by atoms with Gasteiger partial charge < -0.3 is 5.11 Å². The zero-order chi connectivity index (χ0) is 14.0. The number of hydrogen-bond acceptors (Lipinski definition) is 5. The van der Waals surface area contributed by atoms with E-state index in [-0.39, 0.29) is 6.54 Å². The van der Waals surface area contributed by atoms with E-state index in [1.165, 1.54) is 11.3 Å². The van der Waals surface area contributed by atoms with Crippen molar-refractivity contribution in [1.82, 2.24) is 14.5 Å². The number of carboxylic acids is 1. The average Bonchev–Trinajstić information content (AvgIpc) is 2.80. The molecule has 0 bridgehead atoms. The molecule has 2 aromatic rings. The first-order valence-electron chi connectivity index (χ1n) is 5.52. The minimum absolute atomic E-state index is 0.139. The molecule has 2 N–H and O–H groups in total. The van der Waals surface area contributed by atoms with Crippen molar-refractivity contribution in [3.05, 3.63) is 48.7 Å². The number of aryl methyl sites for hydroxylation is 1. The van der Waals surface area contributed by atoms with E-state index in [4.69, 9.17) is 5.11 Å². The van der Waals surface area contributed by atoms with Gasteiger partial charge >= 0.3 is 11.7 Å². The molecule has 2 heterocycles. The van der Waals surface area contributed by atoms with Crippen LogP contribution in [0.2, 0.25) is 0 Å². The maximum atomic E-state index is 11.6. The van der Waals surface area contributed by atoms with E-state index in [2.05, 4.69) is 4.98 Å². The van der Waals surface area contributed by atoms with Gasteiger partial charge in [0.15, 0.2) is 0 Å². The number of nitrogens with zero attached hydrogens (tertiary/aromatic N) is 2. The van der Waals surface area contributed by atoms with Gasteiger partial charge in [-0.2, -0.15) is 0 Å². The lowest BCUT2D eigenvalue weighted by Crippen LogP contribution is -2.33. The van der Waals surface area contributed by atoms with Crippen LogP contribution in [0.5, 0.6) is 0 Å². The van der Waals surface area contributed by atoms with Gasteiger partial charge in [-0.1, -0.05) is 6.92 Å². The highest BCUT2D eigenvalue weighted by atomic mass is 32.1. The van der Waals surface area contributed by atoms with Crippen LogP contribution in [-0.4, -0.2) is 25.6 Å². The number of H-pyrrole nitrogens is 1. The molecule has 0 saturated heterocycles. The van der Waals surface area contributed by atoms with Crippen molar-refractivity contribution in [3.63, 3.8) is 0 Å². The summed E-state index contributed by atoms with van der Waals surface area (Å²) in [7, 11) is 0. The summed E-state index contributed by atoms with van der Waals surface area (Å²) in [5, 5.41) is 9.52. The molecule has 0 aromatic carbocycles. The maximum Gasteiger partial charge on any atom is 0.342 e. The van der Waals surface area contributed by atoms with Crippen LogP contribution in [0, 0.1) is 0 Å². The summed E-state index contributed by atoms with van der Waals surface area (Å²) in [6.45, 7) is 2.13. The number of nitrogens with one attached hydrogen (secondary N) is 1. The van der Waals surface area contributed by atoms with Crippen LogP contribution in [-0.2, 0) is 13.0 Å². The Balaban J connectivity index is 2.39. The summed E-state index contributed by atoms with van der Waals surface area (Å²) in [5.41, 5.74) is -2.02. The summed E-state index contributed by atoms with van der Waals surface area (Å²) in [4.78, 5) is 40.9. The Bertz CT molecular complexity index is 728. The summed E-state index contributed by atoms with van der Waals surface area (Å²) >= 11 is 1.44. The Kier molecular flexibility index (Phi) is 3.61. The lowest BCUT2D eigenvalue weighted by atomic mass is 10.3. The topological polar surface area (TPSA) is 105 Å². The molecule has 2 aromatic heterocycles. The molecule has 2 rings (SSSR count). The van der Waals surface area contributed by atoms with Crippen molar-refractivity contribution in [2.75, 3.05) is 0 Å². The lowest BCUT2D eigenvalue weighted by Gasteiger charge is -2.03. The number of carbonyl (C=O) groups is 1. The standard InChI is InChI=1S/C11H11N3O4S/c1-2-6-3-12-8(19-6)5-14-4-7(10(16)17)9(15)13-11(14)18/h3-4H,2,5H2,1H3,(H,16,17)(H,13,15,18). The van der Waals surface area contributed by atoms with Gasteiger partial charge in [0, 0.05) is 17.3 Å². The normalized spacial score (nSPS) is 10.6. The number of thiazole rings is 1. The van der Waals surface area contributed by atoms with Crippen LogP contribution in [0.15, 0.2) is 22.0 Å². The van der Waals surface area contributed by atoms with Gasteiger partial charge in [0.1, 0.15) is 10.6 Å². The summed E-state index contributed by atoms with van der Waals surface area (Å²) in [5.74, 6) is -1.37. The molecule has 7 nitrogen and oxygen atoms in total. The van der Waals surface area contributed by atoms with Crippen LogP contribution < -0.4 is 11.2 Å². The third kappa shape index (κ3) is 2.79. The fourth-order valence-electron chi connectivity index (χ4n) is 1.51. The fraction of sp³-hybridized carbons (Fsp3) is 0.273. The third-order valence-electron chi connectivity index (χ3n) is 2.50. The van der Waals surface area contributed by atoms with Crippen molar-refractivity contribution in [2.24, 2.45) is 0 Å². The molecule has 0 aliphatic carbocycles. The van der Waals surface area contributed by atoms with Gasteiger partial charge in [0.05, 0.1) is 6.54 Å². The zero-order valence-corrected chi connectivity index (χ0v) is 10.9. The maximum absolute atomic E-state index is 11.6. The number of hydrogen-bond donors (Lipinski definition) is 2. The average molecular weight is 281 g/mol. The molecular weight excluding hydrogens is 270 g/mol. The van der Waals surface area contributed by atoms with E-state index in [9.17, 15) is 14.4 Å². The summed E-state index contributed by atoms with van der Waals surface area (Å²) in [6.07, 6.45) is 3.60. The van der Waals surface area contributed by atoms with Gasteiger partial charge in [0.2, 0.25) is 0 Å². The second kappa shape index (κ2) is 5.19. The molecular formula is C11H11N3O4S. The second-order valence-electron chi connectivity index (χ2n) is 3.81. The molecule has 0 fully saturated rings. The molecule has 0 unspecified atom stereocenters. The van der Waals surface area contributed by atoms with Gasteiger partial charge in [0.25, 0.3) is 5.56 Å². The van der Waals surface area contributed by atoms with Crippen LogP contribution in [0.4, 0.5) is 0 Å². The molecule has 8 heteroatoms. The molecule has 0 aliphatic heterocycles. The Labute approximate surface area is 111 Å². The summed E-state index contributed by atoms with van der Waals surface area (Å²) in [6, 6.07) is 0. The van der Waals surface area contributed by atoms with Crippen molar-refractivity contribution < 1.29 is 9.90 Å². The third-order valence-corrected chi connectivity index (χ3v) is 3.62. The Morgan fingerprint density at radius 1 is 1.53 bits per heavy atom. The van der Waals surface area contributed by atoms with Gasteiger partial charge in [-0.05, 0) is 6.42 Å². The second-order valence-corrected chi connectivity index (χ2v) is 5.01. The van der Waals surface area contributed by atoms with Crippen LogP contribution in [0.25, 0.3) is 0 Å². The van der Waals surface area contributed by atoms with Crippen molar-refractivity contribution in [1.29, 1.82) is 0 Å². The first-order valence-corrected chi connectivity index (χ1v) is 6.33. The van der Waals surface area contributed by atoms with Crippen LogP contribution in [0.3, 0.4) is 0 Å². The SMILES string of the molecule is CCc1cnc(Cn2cc(C(=O)O)c(=O)[nH]c2=O)s1. The molecule has 19 heavy (non-hydrogen) atoms. The van der Waals surface area contributed by atoms with Crippen molar-refractivity contribution in [2.45, 2.75) is 19.9 Å². The molecule has 0 atom stereocenters. The molecule has 0 aliphatic rings. The quantitative estimate of drug-likeness (QED) is 0.838. The van der Waals surface area contributed by atoms with E-state index < -0.39 is 22.8 Å². The van der Waals surface area contributed by atoms with E-state index in [1.54, 1.807) is 6.20 Å². The first kappa shape index (κ1) is 13.2. The minimum Gasteiger partial charge on any atom is -0.477 e. The molecule has 0 amide bonds. The van der Waals surface area contributed by atoms with E-state index in [0.29, 0.717) is 5.01 Å². The minimum atomic E-state index is -1.37. The van der Waals surface area contributed by atoms with Gasteiger partial charge in [-0.3, -0.25) is 14.3 Å². The summed E-state index contributed by atoms with van der Waals surface area (Å²) < 4.78 is 1.13. The zero-order valence-electron chi connectivity index (χ0n) is 10.0. The van der Waals surface area contributed by atoms with E-state index >= 15 is 0 Å². The number of aromatic amines is 1. The predicted octanol–water partition coefficient (Wildman–Crippen LogP) is 0.302. The monoisotopic (exact) mass is 281 g/mol. The molecule has 0 spiro atoms. The smallest absolute Gasteiger partial charge is 0.342 e. The Morgan fingerprint density at radius 3 is 2.84 bits per heavy atom. The first-order chi connectivity index (χ1) is 9.01. The highest BCUT2D eigenvalue weighted by Crippen LogP contribution is 2.13. The van der Waals surface area contributed by atoms with Crippen LogP contribution >= 0.6 is 11.3 Å². The van der Waals surface area contributed by atoms with Crippen molar-refractivity contribution >= 4 is 17.3 Å². The Morgan fingerprint density at radius 2 is 2.26 bits per heavy atom. The number of rotatable bonds is 4. The van der Waals surface area contributed by atoms with Crippen molar-refractivity contribution in [3.8, 4) is 0 Å². The highest BCUT2D eigenvalue weighted by molar-refractivity contribution is 7.11.